The van der Waals surface area contributed by atoms with Crippen LogP contribution in [0.4, 0.5) is 22.0 Å². The summed E-state index contributed by atoms with van der Waals surface area (Å²) in [7, 11) is 0. The van der Waals surface area contributed by atoms with Gasteiger partial charge in [-0.3, -0.25) is 19.2 Å². The number of carboxylic acid groups (broad SMARTS) is 1. The van der Waals surface area contributed by atoms with Crippen molar-refractivity contribution < 1.29 is 36.6 Å². The minimum absolute atomic E-state index is 0.00930. The van der Waals surface area contributed by atoms with Crippen LogP contribution in [0.2, 0.25) is 0 Å². The predicted octanol–water partition coefficient (Wildman–Crippen LogP) is 4.92. The highest BCUT2D eigenvalue weighted by molar-refractivity contribution is 5.94. The third-order valence-electron chi connectivity index (χ3n) is 6.08. The summed E-state index contributed by atoms with van der Waals surface area (Å²) < 4.78 is 69.7. The van der Waals surface area contributed by atoms with E-state index >= 15 is 0 Å². The Morgan fingerprint density at radius 1 is 1.22 bits per heavy atom. The van der Waals surface area contributed by atoms with Crippen LogP contribution in [0.5, 0.6) is 0 Å². The van der Waals surface area contributed by atoms with Gasteiger partial charge in [0.05, 0.1) is 24.2 Å². The molecule has 1 aliphatic rings. The molecule has 0 saturated carbocycles. The summed E-state index contributed by atoms with van der Waals surface area (Å²) in [5.41, 5.74) is -1.05. The van der Waals surface area contributed by atoms with E-state index in [4.69, 9.17) is 0 Å². The van der Waals surface area contributed by atoms with Crippen molar-refractivity contribution in [2.24, 2.45) is 5.92 Å². The van der Waals surface area contributed by atoms with Gasteiger partial charge in [0.25, 0.3) is 11.8 Å². The Morgan fingerprint density at radius 2 is 1.92 bits per heavy atom. The quantitative estimate of drug-likeness (QED) is 0.426. The average molecular weight is 531 g/mol. The van der Waals surface area contributed by atoms with Gasteiger partial charge in [0.1, 0.15) is 0 Å². The number of amides is 1. The van der Waals surface area contributed by atoms with Crippen LogP contribution in [-0.2, 0) is 17.5 Å². The molecule has 1 saturated heterocycles. The lowest BCUT2D eigenvalue weighted by molar-refractivity contribution is -0.138. The van der Waals surface area contributed by atoms with Crippen molar-refractivity contribution in [2.45, 2.75) is 64.2 Å². The van der Waals surface area contributed by atoms with E-state index in [0.29, 0.717) is 13.0 Å². The lowest BCUT2D eigenvalue weighted by Gasteiger charge is -2.33. The third-order valence-corrected chi connectivity index (χ3v) is 6.08. The minimum atomic E-state index is -4.62. The smallest absolute Gasteiger partial charge is 0.417 e. The average Bonchev–Trinajstić information content (AvgIpc) is 3.19. The summed E-state index contributed by atoms with van der Waals surface area (Å²) in [5.74, 6) is -4.73. The molecular weight excluding hydrogens is 499 g/mol. The largest absolute Gasteiger partial charge is 0.481 e. The number of nitrogens with zero attached hydrogens (tertiary/aromatic N) is 3. The molecule has 2 heterocycles. The topological polar surface area (TPSA) is 87.5 Å². The fraction of sp³-hybridized carbons (Fsp3) is 0.560. The standard InChI is InChI=1S/C25H31F5N4O3/c1-16(2)14-34-21(18-6-3-4-7-19(18)25(28,29)30)13-20(32-34)23(37)31-17(12-22(35)36)8-11-33-10-5-9-24(26,27)15-33/h3-4,6-7,13,16-17H,5,8-12,14-15H2,1-2H3,(H,31,37)(H,35,36)/t17-/m0/s1. The molecule has 1 amide bonds. The molecule has 1 fully saturated rings. The van der Waals surface area contributed by atoms with Gasteiger partial charge in [-0.25, -0.2) is 8.78 Å². The van der Waals surface area contributed by atoms with Crippen molar-refractivity contribution in [3.8, 4) is 11.3 Å². The lowest BCUT2D eigenvalue weighted by atomic mass is 10.0. The van der Waals surface area contributed by atoms with Gasteiger partial charge in [-0.05, 0) is 37.4 Å². The Kier molecular flexibility index (Phi) is 8.93. The summed E-state index contributed by atoms with van der Waals surface area (Å²) in [6, 6.07) is 5.38. The molecule has 204 valence electrons. The Hall–Kier alpha value is -3.02. The second-order valence-electron chi connectivity index (χ2n) is 9.83. The van der Waals surface area contributed by atoms with E-state index in [1.807, 2.05) is 13.8 Å². The van der Waals surface area contributed by atoms with Gasteiger partial charge in [-0.2, -0.15) is 18.3 Å². The van der Waals surface area contributed by atoms with Crippen LogP contribution in [0.3, 0.4) is 0 Å². The number of piperidine rings is 1. The van der Waals surface area contributed by atoms with Crippen LogP contribution in [0.1, 0.15) is 55.6 Å². The molecule has 2 aromatic rings. The molecule has 0 spiro atoms. The number of carboxylic acids is 1. The Morgan fingerprint density at radius 3 is 2.54 bits per heavy atom. The first kappa shape index (κ1) is 28.5. The fourth-order valence-electron chi connectivity index (χ4n) is 4.45. The third kappa shape index (κ3) is 7.98. The van der Waals surface area contributed by atoms with Gasteiger partial charge >= 0.3 is 12.1 Å². The molecule has 0 aliphatic carbocycles. The summed E-state index contributed by atoms with van der Waals surface area (Å²) in [5, 5.41) is 16.1. The zero-order valence-corrected chi connectivity index (χ0v) is 20.7. The molecule has 0 bridgehead atoms. The molecule has 1 aliphatic heterocycles. The maximum Gasteiger partial charge on any atom is 0.417 e. The molecule has 37 heavy (non-hydrogen) atoms. The number of likely N-dealkylation sites (tertiary alicyclic amines) is 1. The van der Waals surface area contributed by atoms with Crippen LogP contribution in [0, 0.1) is 5.92 Å². The second-order valence-corrected chi connectivity index (χ2v) is 9.83. The van der Waals surface area contributed by atoms with Crippen molar-refractivity contribution in [3.05, 3.63) is 41.6 Å². The second kappa shape index (κ2) is 11.6. The van der Waals surface area contributed by atoms with Crippen LogP contribution in [0.25, 0.3) is 11.3 Å². The number of nitrogens with one attached hydrogen (secondary N) is 1. The van der Waals surface area contributed by atoms with Crippen LogP contribution >= 0.6 is 0 Å². The molecule has 1 aromatic carbocycles. The fourth-order valence-corrected chi connectivity index (χ4v) is 4.45. The SMILES string of the molecule is CC(C)Cn1nc(C(=O)N[C@@H](CCN2CCCC(F)(F)C2)CC(=O)O)cc1-c1ccccc1C(F)(F)F. The monoisotopic (exact) mass is 530 g/mol. The van der Waals surface area contributed by atoms with Crippen molar-refractivity contribution in [1.82, 2.24) is 20.0 Å². The predicted molar refractivity (Wildman–Crippen MR) is 126 cm³/mol. The Balaban J connectivity index is 1.83. The first-order valence-electron chi connectivity index (χ1n) is 12.1. The first-order valence-corrected chi connectivity index (χ1v) is 12.1. The number of hydrogen-bond donors (Lipinski definition) is 2. The highest BCUT2D eigenvalue weighted by Crippen LogP contribution is 2.37. The van der Waals surface area contributed by atoms with Crippen molar-refractivity contribution >= 4 is 11.9 Å². The Labute approximate surface area is 211 Å². The van der Waals surface area contributed by atoms with Crippen LogP contribution in [0.15, 0.2) is 30.3 Å². The number of rotatable bonds is 10. The summed E-state index contributed by atoms with van der Waals surface area (Å²) in [6.07, 6.45) is -4.82. The minimum Gasteiger partial charge on any atom is -0.481 e. The maximum absolute atomic E-state index is 13.7. The Bertz CT molecular complexity index is 1100. The van der Waals surface area contributed by atoms with Gasteiger partial charge in [-0.1, -0.05) is 32.0 Å². The zero-order chi connectivity index (χ0) is 27.4. The summed E-state index contributed by atoms with van der Waals surface area (Å²) in [4.78, 5) is 25.9. The van der Waals surface area contributed by atoms with E-state index in [2.05, 4.69) is 10.4 Å². The molecule has 0 unspecified atom stereocenters. The molecule has 0 radical (unpaired) electrons. The van der Waals surface area contributed by atoms with Gasteiger partial charge in [0.2, 0.25) is 0 Å². The van der Waals surface area contributed by atoms with Crippen molar-refractivity contribution in [1.29, 1.82) is 0 Å². The van der Waals surface area contributed by atoms with E-state index in [-0.39, 0.29) is 48.8 Å². The molecule has 1 aromatic heterocycles. The molecule has 2 N–H and O–H groups in total. The number of aliphatic carboxylic acids is 1. The van der Waals surface area contributed by atoms with E-state index in [9.17, 15) is 36.6 Å². The zero-order valence-electron chi connectivity index (χ0n) is 20.7. The van der Waals surface area contributed by atoms with Gasteiger partial charge in [0, 0.05) is 31.1 Å². The normalized spacial score (nSPS) is 17.1. The number of benzene rings is 1. The highest BCUT2D eigenvalue weighted by Gasteiger charge is 2.36. The number of carbonyl (C=O) groups is 2. The number of hydrogen-bond acceptors (Lipinski definition) is 4. The van der Waals surface area contributed by atoms with Crippen molar-refractivity contribution in [2.75, 3.05) is 19.6 Å². The van der Waals surface area contributed by atoms with Gasteiger partial charge in [-0.15, -0.1) is 0 Å². The molecule has 1 atom stereocenters. The van der Waals surface area contributed by atoms with E-state index in [1.165, 1.54) is 33.8 Å². The lowest BCUT2D eigenvalue weighted by Crippen LogP contribution is -2.45. The van der Waals surface area contributed by atoms with Crippen LogP contribution < -0.4 is 5.32 Å². The van der Waals surface area contributed by atoms with Gasteiger partial charge in [0.15, 0.2) is 5.69 Å². The van der Waals surface area contributed by atoms with E-state index < -0.39 is 48.5 Å². The van der Waals surface area contributed by atoms with E-state index in [1.54, 1.807) is 0 Å². The van der Waals surface area contributed by atoms with Gasteiger partial charge < -0.3 is 10.4 Å². The molecular formula is C25H31F5N4O3. The summed E-state index contributed by atoms with van der Waals surface area (Å²) in [6.45, 7) is 4.14. The number of halogens is 5. The number of aromatic nitrogens is 2. The first-order chi connectivity index (χ1) is 17.2. The molecule has 12 heteroatoms. The highest BCUT2D eigenvalue weighted by atomic mass is 19.4. The molecule has 3 rings (SSSR count). The summed E-state index contributed by atoms with van der Waals surface area (Å²) >= 11 is 0. The van der Waals surface area contributed by atoms with Crippen molar-refractivity contribution in [3.63, 3.8) is 0 Å². The van der Waals surface area contributed by atoms with E-state index in [0.717, 1.165) is 6.07 Å². The number of alkyl halides is 5. The molecule has 7 nitrogen and oxygen atoms in total. The van der Waals surface area contributed by atoms with Crippen LogP contribution in [-0.4, -0.2) is 63.3 Å². The number of carbonyl (C=O) groups excluding carboxylic acids is 1. The maximum atomic E-state index is 13.7.